The molecule has 5 nitrogen and oxygen atoms in total. The molecule has 0 bridgehead atoms. The summed E-state index contributed by atoms with van der Waals surface area (Å²) in [4.78, 5) is 12.5. The van der Waals surface area contributed by atoms with E-state index in [1.54, 1.807) is 30.3 Å². The van der Waals surface area contributed by atoms with E-state index in [4.69, 9.17) is 16.3 Å². The van der Waals surface area contributed by atoms with Crippen LogP contribution in [0, 0.1) is 0 Å². The number of carbonyl (C=O) groups excluding carboxylic acids is 1. The van der Waals surface area contributed by atoms with Crippen LogP contribution in [0.2, 0.25) is 5.02 Å². The average Bonchev–Trinajstić information content (AvgIpc) is 2.97. The number of ether oxygens (including phenoxy) is 1. The van der Waals surface area contributed by atoms with Gasteiger partial charge in [0.25, 0.3) is 0 Å². The molecule has 0 amide bonds. The van der Waals surface area contributed by atoms with Crippen LogP contribution in [-0.2, 0) is 21.4 Å². The number of benzene rings is 2. The van der Waals surface area contributed by atoms with Gasteiger partial charge in [-0.1, -0.05) is 48.7 Å². The Bertz CT molecular complexity index is 906. The molecule has 1 saturated heterocycles. The van der Waals surface area contributed by atoms with Crippen LogP contribution in [0.15, 0.2) is 53.4 Å². The van der Waals surface area contributed by atoms with Crippen molar-refractivity contribution in [3.8, 4) is 0 Å². The van der Waals surface area contributed by atoms with Crippen LogP contribution in [0.5, 0.6) is 0 Å². The van der Waals surface area contributed by atoms with E-state index in [1.807, 2.05) is 6.07 Å². The Kier molecular flexibility index (Phi) is 6.52. The third-order valence-corrected chi connectivity index (χ3v) is 6.85. The van der Waals surface area contributed by atoms with Gasteiger partial charge in [0.1, 0.15) is 6.61 Å². The summed E-state index contributed by atoms with van der Waals surface area (Å²) < 4.78 is 32.6. The maximum absolute atomic E-state index is 12.9. The average molecular weight is 408 g/mol. The molecular formula is C20H22ClNO4S. The van der Waals surface area contributed by atoms with Crippen molar-refractivity contribution in [2.24, 2.45) is 0 Å². The molecule has 1 fully saturated rings. The zero-order valence-corrected chi connectivity index (χ0v) is 16.5. The fourth-order valence-corrected chi connectivity index (χ4v) is 4.81. The van der Waals surface area contributed by atoms with E-state index < -0.39 is 16.0 Å². The van der Waals surface area contributed by atoms with E-state index in [-0.39, 0.29) is 17.1 Å². The Morgan fingerprint density at radius 2 is 1.70 bits per heavy atom. The highest BCUT2D eigenvalue weighted by Gasteiger charge is 2.26. The summed E-state index contributed by atoms with van der Waals surface area (Å²) in [7, 11) is -3.61. The second kappa shape index (κ2) is 8.87. The molecule has 0 N–H and O–H groups in total. The van der Waals surface area contributed by atoms with Gasteiger partial charge in [-0.15, -0.1) is 0 Å². The van der Waals surface area contributed by atoms with Crippen LogP contribution in [0.25, 0.3) is 0 Å². The van der Waals surface area contributed by atoms with Crippen molar-refractivity contribution >= 4 is 27.6 Å². The van der Waals surface area contributed by atoms with E-state index >= 15 is 0 Å². The van der Waals surface area contributed by atoms with Gasteiger partial charge in [0.05, 0.1) is 10.5 Å². The Morgan fingerprint density at radius 3 is 2.41 bits per heavy atom. The van der Waals surface area contributed by atoms with Crippen molar-refractivity contribution in [3.63, 3.8) is 0 Å². The first-order valence-electron chi connectivity index (χ1n) is 8.99. The van der Waals surface area contributed by atoms with Crippen molar-refractivity contribution in [2.75, 3.05) is 13.1 Å². The predicted molar refractivity (Wildman–Crippen MR) is 104 cm³/mol. The van der Waals surface area contributed by atoms with Gasteiger partial charge in [0.2, 0.25) is 10.0 Å². The summed E-state index contributed by atoms with van der Waals surface area (Å²) >= 11 is 6.06. The van der Waals surface area contributed by atoms with Crippen molar-refractivity contribution < 1.29 is 17.9 Å². The highest BCUT2D eigenvalue weighted by atomic mass is 35.5. The molecule has 27 heavy (non-hydrogen) atoms. The minimum Gasteiger partial charge on any atom is -0.457 e. The van der Waals surface area contributed by atoms with E-state index in [9.17, 15) is 13.2 Å². The van der Waals surface area contributed by atoms with Crippen LogP contribution in [0.1, 0.15) is 41.6 Å². The molecule has 0 saturated carbocycles. The minimum atomic E-state index is -3.61. The standard InChI is InChI=1S/C20H22ClNO4S/c21-19-11-4-3-8-17(19)15-26-20(23)16-9-7-10-18(14-16)27(24,25)22-12-5-1-2-6-13-22/h3-4,7-11,14H,1-2,5-6,12-13,15H2. The van der Waals surface area contributed by atoms with Gasteiger partial charge >= 0.3 is 5.97 Å². The maximum atomic E-state index is 12.9. The molecule has 0 radical (unpaired) electrons. The Hall–Kier alpha value is -1.89. The quantitative estimate of drug-likeness (QED) is 0.694. The summed E-state index contributed by atoms with van der Waals surface area (Å²) in [6.45, 7) is 1.06. The second-order valence-electron chi connectivity index (χ2n) is 6.51. The number of hydrogen-bond acceptors (Lipinski definition) is 4. The highest BCUT2D eigenvalue weighted by molar-refractivity contribution is 7.89. The van der Waals surface area contributed by atoms with Gasteiger partial charge in [-0.05, 0) is 37.1 Å². The first-order valence-corrected chi connectivity index (χ1v) is 10.8. The summed E-state index contributed by atoms with van der Waals surface area (Å²) in [6.07, 6.45) is 3.80. The van der Waals surface area contributed by atoms with Gasteiger partial charge < -0.3 is 4.74 Å². The summed E-state index contributed by atoms with van der Waals surface area (Å²) in [5.74, 6) is -0.581. The topological polar surface area (TPSA) is 63.7 Å². The van der Waals surface area contributed by atoms with Crippen LogP contribution in [0.3, 0.4) is 0 Å². The first-order chi connectivity index (χ1) is 13.0. The predicted octanol–water partition coefficient (Wildman–Crippen LogP) is 4.26. The normalized spacial score (nSPS) is 15.9. The minimum absolute atomic E-state index is 0.0294. The lowest BCUT2D eigenvalue weighted by molar-refractivity contribution is 0.0472. The summed E-state index contributed by atoms with van der Waals surface area (Å²) in [6, 6.07) is 13.1. The Balaban J connectivity index is 1.74. The molecule has 2 aromatic rings. The molecule has 1 aliphatic heterocycles. The van der Waals surface area contributed by atoms with E-state index in [0.29, 0.717) is 23.7 Å². The zero-order chi connectivity index (χ0) is 19.3. The molecule has 3 rings (SSSR count). The van der Waals surface area contributed by atoms with Crippen molar-refractivity contribution in [1.82, 2.24) is 4.31 Å². The third-order valence-electron chi connectivity index (χ3n) is 4.59. The molecule has 144 valence electrons. The van der Waals surface area contributed by atoms with E-state index in [1.165, 1.54) is 16.4 Å². The lowest BCUT2D eigenvalue weighted by Crippen LogP contribution is -2.32. The number of nitrogens with zero attached hydrogens (tertiary/aromatic N) is 1. The number of esters is 1. The lowest BCUT2D eigenvalue weighted by Gasteiger charge is -2.20. The molecule has 1 heterocycles. The Labute approximate surface area is 165 Å². The summed E-state index contributed by atoms with van der Waals surface area (Å²) in [5, 5.41) is 0.516. The molecule has 0 aliphatic carbocycles. The molecule has 0 spiro atoms. The van der Waals surface area contributed by atoms with Crippen LogP contribution in [-0.4, -0.2) is 31.8 Å². The number of hydrogen-bond donors (Lipinski definition) is 0. The highest BCUT2D eigenvalue weighted by Crippen LogP contribution is 2.22. The van der Waals surface area contributed by atoms with Gasteiger partial charge in [-0.25, -0.2) is 13.2 Å². The van der Waals surface area contributed by atoms with E-state index in [0.717, 1.165) is 25.7 Å². The van der Waals surface area contributed by atoms with Gasteiger partial charge in [0.15, 0.2) is 0 Å². The molecule has 0 atom stereocenters. The van der Waals surface area contributed by atoms with Gasteiger partial charge in [0, 0.05) is 23.7 Å². The van der Waals surface area contributed by atoms with Crippen LogP contribution >= 0.6 is 11.6 Å². The van der Waals surface area contributed by atoms with Crippen LogP contribution < -0.4 is 0 Å². The van der Waals surface area contributed by atoms with Crippen molar-refractivity contribution in [2.45, 2.75) is 37.2 Å². The fraction of sp³-hybridized carbons (Fsp3) is 0.350. The maximum Gasteiger partial charge on any atom is 0.338 e. The van der Waals surface area contributed by atoms with Gasteiger partial charge in [-0.2, -0.15) is 4.31 Å². The van der Waals surface area contributed by atoms with Crippen molar-refractivity contribution in [3.05, 3.63) is 64.7 Å². The molecule has 7 heteroatoms. The monoisotopic (exact) mass is 407 g/mol. The van der Waals surface area contributed by atoms with Gasteiger partial charge in [-0.3, -0.25) is 0 Å². The fourth-order valence-electron chi connectivity index (χ4n) is 3.06. The molecular weight excluding hydrogens is 386 g/mol. The summed E-state index contributed by atoms with van der Waals surface area (Å²) in [5.41, 5.74) is 0.902. The van der Waals surface area contributed by atoms with Crippen LogP contribution in [0.4, 0.5) is 0 Å². The number of sulfonamides is 1. The van der Waals surface area contributed by atoms with E-state index in [2.05, 4.69) is 0 Å². The molecule has 1 aliphatic rings. The molecule has 2 aromatic carbocycles. The molecule has 0 aromatic heterocycles. The number of halogens is 1. The first kappa shape index (κ1) is 19.9. The third kappa shape index (κ3) is 4.89. The largest absolute Gasteiger partial charge is 0.457 e. The lowest BCUT2D eigenvalue weighted by atomic mass is 10.2. The molecule has 0 unspecified atom stereocenters. The second-order valence-corrected chi connectivity index (χ2v) is 8.86. The number of carbonyl (C=O) groups is 1. The zero-order valence-electron chi connectivity index (χ0n) is 14.9. The van der Waals surface area contributed by atoms with Crippen molar-refractivity contribution in [1.29, 1.82) is 0 Å². The SMILES string of the molecule is O=C(OCc1ccccc1Cl)c1cccc(S(=O)(=O)N2CCCCCC2)c1. The Morgan fingerprint density at radius 1 is 1.00 bits per heavy atom. The smallest absolute Gasteiger partial charge is 0.338 e. The number of rotatable bonds is 5.